The maximum absolute atomic E-state index is 10.7. The highest BCUT2D eigenvalue weighted by Gasteiger charge is 2.15. The molecule has 0 bridgehead atoms. The van der Waals surface area contributed by atoms with E-state index in [1.807, 2.05) is 13.8 Å². The number of nitrogens with zero attached hydrogens (tertiary/aromatic N) is 3. The van der Waals surface area contributed by atoms with E-state index in [0.29, 0.717) is 12.2 Å². The van der Waals surface area contributed by atoms with Crippen molar-refractivity contribution in [1.82, 2.24) is 14.8 Å². The molecule has 6 nitrogen and oxygen atoms in total. The van der Waals surface area contributed by atoms with Gasteiger partial charge in [-0.15, -0.1) is 0 Å². The molecular weight excluding hydrogens is 182 g/mol. The van der Waals surface area contributed by atoms with E-state index < -0.39 is 11.9 Å². The first-order valence-electron chi connectivity index (χ1n) is 4.45. The lowest BCUT2D eigenvalue weighted by molar-refractivity contribution is -0.119. The summed E-state index contributed by atoms with van der Waals surface area (Å²) in [7, 11) is 0. The van der Waals surface area contributed by atoms with Gasteiger partial charge in [0.1, 0.15) is 12.2 Å². The second kappa shape index (κ2) is 4.19. The first kappa shape index (κ1) is 10.6. The minimum Gasteiger partial charge on any atom is -0.368 e. The number of amides is 1. The van der Waals surface area contributed by atoms with Crippen LogP contribution in [-0.4, -0.2) is 26.7 Å². The average molecular weight is 197 g/mol. The van der Waals surface area contributed by atoms with Crippen LogP contribution in [0.2, 0.25) is 0 Å². The quantitative estimate of drug-likeness (QED) is 0.660. The molecule has 1 amide bonds. The van der Waals surface area contributed by atoms with Gasteiger partial charge in [-0.3, -0.25) is 4.79 Å². The first-order chi connectivity index (χ1) is 6.52. The number of hydrogen-bond donors (Lipinski definition) is 2. The first-order valence-corrected chi connectivity index (χ1v) is 4.45. The summed E-state index contributed by atoms with van der Waals surface area (Å²) in [4.78, 5) is 14.8. The molecular formula is C8H15N5O. The fraction of sp³-hybridized carbons (Fsp3) is 0.625. The lowest BCUT2D eigenvalue weighted by atomic mass is 10.2. The van der Waals surface area contributed by atoms with Gasteiger partial charge < -0.3 is 11.5 Å². The largest absolute Gasteiger partial charge is 0.368 e. The predicted molar refractivity (Wildman–Crippen MR) is 51.3 cm³/mol. The summed E-state index contributed by atoms with van der Waals surface area (Å²) in [6, 6.07) is -0.496. The highest BCUT2D eigenvalue weighted by Crippen LogP contribution is 2.06. The summed E-state index contributed by atoms with van der Waals surface area (Å²) >= 11 is 0. The van der Waals surface area contributed by atoms with Gasteiger partial charge in [0.15, 0.2) is 0 Å². The van der Waals surface area contributed by atoms with Crippen LogP contribution in [0.25, 0.3) is 0 Å². The van der Waals surface area contributed by atoms with Gasteiger partial charge in [0, 0.05) is 12.5 Å². The average Bonchev–Trinajstić information content (AvgIpc) is 2.52. The zero-order valence-electron chi connectivity index (χ0n) is 8.34. The third-order valence-electron chi connectivity index (χ3n) is 1.90. The third kappa shape index (κ3) is 2.29. The van der Waals surface area contributed by atoms with Crippen molar-refractivity contribution in [2.24, 2.45) is 11.5 Å². The maximum atomic E-state index is 10.7. The molecule has 6 heteroatoms. The number of nitrogens with two attached hydrogens (primary N) is 2. The Morgan fingerprint density at radius 2 is 2.29 bits per heavy atom. The molecule has 0 aliphatic heterocycles. The molecule has 0 spiro atoms. The minimum atomic E-state index is -0.698. The fourth-order valence-corrected chi connectivity index (χ4v) is 1.15. The number of hydrogen-bond acceptors (Lipinski definition) is 4. The zero-order chi connectivity index (χ0) is 10.7. The highest BCUT2D eigenvalue weighted by atomic mass is 16.1. The monoisotopic (exact) mass is 197 g/mol. The van der Waals surface area contributed by atoms with Gasteiger partial charge in [-0.1, -0.05) is 0 Å². The molecule has 0 aromatic carbocycles. The summed E-state index contributed by atoms with van der Waals surface area (Å²) in [6.07, 6.45) is 1.77. The molecule has 1 heterocycles. The number of carbonyl (C=O) groups is 1. The third-order valence-corrected chi connectivity index (χ3v) is 1.90. The number of rotatable bonds is 4. The van der Waals surface area contributed by atoms with Gasteiger partial charge in [-0.05, 0) is 13.8 Å². The summed E-state index contributed by atoms with van der Waals surface area (Å²) in [6.45, 7) is 3.96. The van der Waals surface area contributed by atoms with Gasteiger partial charge in [0.2, 0.25) is 5.91 Å². The number of carbonyl (C=O) groups excluding carboxylic acids is 1. The van der Waals surface area contributed by atoms with Gasteiger partial charge in [0.05, 0.1) is 6.04 Å². The van der Waals surface area contributed by atoms with Crippen molar-refractivity contribution in [2.75, 3.05) is 0 Å². The molecule has 0 aliphatic carbocycles. The molecule has 4 N–H and O–H groups in total. The van der Waals surface area contributed by atoms with Crippen molar-refractivity contribution in [3.63, 3.8) is 0 Å². The van der Waals surface area contributed by atoms with E-state index in [0.717, 1.165) is 0 Å². The van der Waals surface area contributed by atoms with Crippen LogP contribution in [-0.2, 0) is 11.2 Å². The lowest BCUT2D eigenvalue weighted by Crippen LogP contribution is -2.39. The molecule has 1 aromatic heterocycles. The van der Waals surface area contributed by atoms with Gasteiger partial charge in [0.25, 0.3) is 0 Å². The Labute approximate surface area is 82.3 Å². The van der Waals surface area contributed by atoms with Crippen molar-refractivity contribution in [1.29, 1.82) is 0 Å². The second-order valence-corrected chi connectivity index (χ2v) is 3.43. The fourth-order valence-electron chi connectivity index (χ4n) is 1.15. The minimum absolute atomic E-state index is 0.201. The van der Waals surface area contributed by atoms with E-state index in [1.165, 1.54) is 6.33 Å². The molecule has 0 aliphatic rings. The molecule has 0 saturated heterocycles. The Kier molecular flexibility index (Phi) is 3.19. The molecule has 78 valence electrons. The van der Waals surface area contributed by atoms with Crippen molar-refractivity contribution >= 4 is 5.91 Å². The molecule has 1 unspecified atom stereocenters. The van der Waals surface area contributed by atoms with Gasteiger partial charge in [-0.2, -0.15) is 5.10 Å². The van der Waals surface area contributed by atoms with E-state index in [1.54, 1.807) is 4.68 Å². The summed E-state index contributed by atoms with van der Waals surface area (Å²) in [5.41, 5.74) is 10.6. The summed E-state index contributed by atoms with van der Waals surface area (Å²) < 4.78 is 1.72. The molecule has 14 heavy (non-hydrogen) atoms. The predicted octanol–water partition coefficient (Wildman–Crippen LogP) is -0.786. The van der Waals surface area contributed by atoms with E-state index in [9.17, 15) is 4.79 Å². The molecule has 1 aromatic rings. The Morgan fingerprint density at radius 1 is 1.64 bits per heavy atom. The Morgan fingerprint density at radius 3 is 2.79 bits per heavy atom. The Balaban J connectivity index is 2.76. The van der Waals surface area contributed by atoms with E-state index >= 15 is 0 Å². The van der Waals surface area contributed by atoms with Gasteiger partial charge in [-0.25, -0.2) is 9.67 Å². The molecule has 1 rings (SSSR count). The van der Waals surface area contributed by atoms with Crippen molar-refractivity contribution < 1.29 is 4.79 Å². The zero-order valence-corrected chi connectivity index (χ0v) is 8.34. The van der Waals surface area contributed by atoms with Crippen LogP contribution < -0.4 is 11.5 Å². The van der Waals surface area contributed by atoms with Crippen LogP contribution in [0.5, 0.6) is 0 Å². The number of primary amides is 1. The topological polar surface area (TPSA) is 99.8 Å². The maximum Gasteiger partial charge on any atom is 0.234 e. The van der Waals surface area contributed by atoms with Crippen LogP contribution >= 0.6 is 0 Å². The summed E-state index contributed by atoms with van der Waals surface area (Å²) in [5.74, 6) is 0.162. The van der Waals surface area contributed by atoms with Crippen LogP contribution in [0.3, 0.4) is 0 Å². The van der Waals surface area contributed by atoms with Crippen molar-refractivity contribution in [2.45, 2.75) is 32.4 Å². The normalized spacial score (nSPS) is 13.1. The SMILES string of the molecule is CC(C)n1ncnc1CC(N)C(N)=O. The van der Waals surface area contributed by atoms with Crippen LogP contribution in [0.4, 0.5) is 0 Å². The molecule has 0 radical (unpaired) electrons. The second-order valence-electron chi connectivity index (χ2n) is 3.43. The highest BCUT2D eigenvalue weighted by molar-refractivity contribution is 5.79. The Bertz CT molecular complexity index is 319. The smallest absolute Gasteiger partial charge is 0.234 e. The van der Waals surface area contributed by atoms with Crippen LogP contribution in [0.15, 0.2) is 6.33 Å². The van der Waals surface area contributed by atoms with Gasteiger partial charge >= 0.3 is 0 Å². The Hall–Kier alpha value is -1.43. The van der Waals surface area contributed by atoms with Crippen molar-refractivity contribution in [3.8, 4) is 0 Å². The van der Waals surface area contributed by atoms with Crippen LogP contribution in [0.1, 0.15) is 25.7 Å². The molecule has 0 saturated carbocycles. The molecule has 0 fully saturated rings. The van der Waals surface area contributed by atoms with E-state index in [-0.39, 0.29) is 6.04 Å². The number of aromatic nitrogens is 3. The summed E-state index contributed by atoms with van der Waals surface area (Å²) in [5, 5.41) is 4.03. The van der Waals surface area contributed by atoms with Crippen molar-refractivity contribution in [3.05, 3.63) is 12.2 Å². The lowest BCUT2D eigenvalue weighted by Gasteiger charge is -2.11. The van der Waals surface area contributed by atoms with E-state index in [2.05, 4.69) is 10.1 Å². The van der Waals surface area contributed by atoms with E-state index in [4.69, 9.17) is 11.5 Å². The molecule has 1 atom stereocenters. The van der Waals surface area contributed by atoms with Crippen LogP contribution in [0, 0.1) is 0 Å². The standard InChI is InChI=1S/C8H15N5O/c1-5(2)13-7(11-4-12-13)3-6(9)8(10)14/h4-6H,3,9H2,1-2H3,(H2,10,14).